The van der Waals surface area contributed by atoms with Gasteiger partial charge in [-0.15, -0.1) is 0 Å². The van der Waals surface area contributed by atoms with Crippen LogP contribution in [-0.2, 0) is 0 Å². The maximum atomic E-state index is 3.19. The van der Waals surface area contributed by atoms with E-state index in [0.717, 1.165) is 0 Å². The molecule has 1 radical (unpaired) electrons. The van der Waals surface area contributed by atoms with Crippen molar-refractivity contribution in [3.05, 3.63) is 30.3 Å². The Labute approximate surface area is 96.3 Å². The van der Waals surface area contributed by atoms with Crippen molar-refractivity contribution in [1.29, 1.82) is 0 Å². The molecular weight excluding hydrogens is 214 g/mol. The van der Waals surface area contributed by atoms with Gasteiger partial charge in [0.15, 0.2) is 0 Å². The number of rotatable bonds is 3. The molecule has 1 aromatic carbocycles. The fraction of sp³-hybridized carbons (Fsp3) is 0.500. The lowest BCUT2D eigenvalue weighted by Gasteiger charge is -2.45. The zero-order valence-corrected chi connectivity index (χ0v) is 12.8. The van der Waals surface area contributed by atoms with Gasteiger partial charge >= 0.3 is 0 Å². The van der Waals surface area contributed by atoms with Crippen molar-refractivity contribution in [2.24, 2.45) is 0 Å². The highest BCUT2D eigenvalue weighted by Crippen LogP contribution is 2.27. The van der Waals surface area contributed by atoms with Crippen LogP contribution in [0.15, 0.2) is 24.3 Å². The zero-order chi connectivity index (χ0) is 11.7. The van der Waals surface area contributed by atoms with Crippen molar-refractivity contribution < 1.29 is 0 Å². The predicted octanol–water partition coefficient (Wildman–Crippen LogP) is 3.96. The standard InChI is InChI=1S/C12H22NSi2/c1-14(2,3)13(15(4,5)6)12-10-8-7-9-11-12/h7-8,10-11H,1-6H3. The molecule has 0 heterocycles. The van der Waals surface area contributed by atoms with Gasteiger partial charge in [-0.3, -0.25) is 0 Å². The molecule has 0 N–H and O–H groups in total. The third-order valence-corrected chi connectivity index (χ3v) is 9.52. The highest BCUT2D eigenvalue weighted by molar-refractivity contribution is 6.99. The second kappa shape index (κ2) is 4.14. The van der Waals surface area contributed by atoms with E-state index in [-0.39, 0.29) is 0 Å². The van der Waals surface area contributed by atoms with Crippen LogP contribution in [0.1, 0.15) is 0 Å². The first-order valence-corrected chi connectivity index (χ1v) is 12.4. The van der Waals surface area contributed by atoms with Gasteiger partial charge in [-0.2, -0.15) is 0 Å². The summed E-state index contributed by atoms with van der Waals surface area (Å²) in [5, 5.41) is 0. The second-order valence-electron chi connectivity index (χ2n) is 5.94. The van der Waals surface area contributed by atoms with Gasteiger partial charge in [0.2, 0.25) is 0 Å². The van der Waals surface area contributed by atoms with E-state index in [1.807, 2.05) is 6.07 Å². The first-order chi connectivity index (χ1) is 6.73. The van der Waals surface area contributed by atoms with E-state index >= 15 is 0 Å². The Balaban J connectivity index is 3.15. The molecule has 0 bridgehead atoms. The van der Waals surface area contributed by atoms with E-state index in [1.54, 1.807) is 0 Å². The fourth-order valence-electron chi connectivity index (χ4n) is 2.30. The molecule has 83 valence electrons. The lowest BCUT2D eigenvalue weighted by atomic mass is 10.3. The van der Waals surface area contributed by atoms with Gasteiger partial charge in [0.1, 0.15) is 16.5 Å². The number of anilines is 1. The SMILES string of the molecule is C[Si](C)(C)N(c1c[c]ccc1)[Si](C)(C)C. The van der Waals surface area contributed by atoms with Crippen molar-refractivity contribution >= 4 is 22.2 Å². The monoisotopic (exact) mass is 236 g/mol. The molecule has 0 unspecified atom stereocenters. The van der Waals surface area contributed by atoms with Gasteiger partial charge in [0.05, 0.1) is 0 Å². The van der Waals surface area contributed by atoms with Gasteiger partial charge in [-0.05, 0) is 18.2 Å². The van der Waals surface area contributed by atoms with Crippen LogP contribution in [0, 0.1) is 6.07 Å². The normalized spacial score (nSPS) is 12.7. The maximum Gasteiger partial charge on any atom is 0.138 e. The molecule has 1 nitrogen and oxygen atoms in total. The molecule has 0 saturated heterocycles. The number of hydrogen-bond acceptors (Lipinski definition) is 1. The topological polar surface area (TPSA) is 3.24 Å². The van der Waals surface area contributed by atoms with Crippen molar-refractivity contribution in [3.8, 4) is 0 Å². The van der Waals surface area contributed by atoms with Gasteiger partial charge in [0.25, 0.3) is 0 Å². The zero-order valence-electron chi connectivity index (χ0n) is 10.8. The molecule has 1 aromatic rings. The van der Waals surface area contributed by atoms with E-state index in [2.05, 4.69) is 67.8 Å². The van der Waals surface area contributed by atoms with Crippen LogP contribution in [0.25, 0.3) is 0 Å². The third kappa shape index (κ3) is 3.21. The van der Waals surface area contributed by atoms with Crippen LogP contribution in [0.4, 0.5) is 5.69 Å². The predicted molar refractivity (Wildman–Crippen MR) is 74.4 cm³/mol. The van der Waals surface area contributed by atoms with Gasteiger partial charge < -0.3 is 4.23 Å². The third-order valence-electron chi connectivity index (χ3n) is 2.29. The van der Waals surface area contributed by atoms with Crippen LogP contribution >= 0.6 is 0 Å². The highest BCUT2D eigenvalue weighted by atomic mass is 28.4. The molecule has 3 heteroatoms. The Morgan fingerprint density at radius 1 is 1.00 bits per heavy atom. The summed E-state index contributed by atoms with van der Waals surface area (Å²) in [6.07, 6.45) is 0. The summed E-state index contributed by atoms with van der Waals surface area (Å²) < 4.78 is 2.70. The summed E-state index contributed by atoms with van der Waals surface area (Å²) in [6, 6.07) is 11.6. The van der Waals surface area contributed by atoms with Crippen molar-refractivity contribution in [2.45, 2.75) is 39.3 Å². The van der Waals surface area contributed by atoms with E-state index in [1.165, 1.54) is 5.69 Å². The smallest absolute Gasteiger partial charge is 0.138 e. The summed E-state index contributed by atoms with van der Waals surface area (Å²) in [5.74, 6) is 0. The molecule has 0 aliphatic carbocycles. The minimum Gasteiger partial charge on any atom is -0.425 e. The second-order valence-corrected chi connectivity index (χ2v) is 16.0. The molecule has 0 aliphatic heterocycles. The van der Waals surface area contributed by atoms with E-state index in [9.17, 15) is 0 Å². The molecule has 0 saturated carbocycles. The molecule has 1 rings (SSSR count). The average molecular weight is 236 g/mol. The first kappa shape index (κ1) is 12.5. The summed E-state index contributed by atoms with van der Waals surface area (Å²) in [6.45, 7) is 14.5. The first-order valence-electron chi connectivity index (χ1n) is 5.49. The van der Waals surface area contributed by atoms with E-state index in [0.29, 0.717) is 0 Å². The number of benzene rings is 1. The van der Waals surface area contributed by atoms with Crippen LogP contribution in [-0.4, -0.2) is 16.5 Å². The minimum absolute atomic E-state index is 1.29. The molecule has 0 amide bonds. The maximum absolute atomic E-state index is 3.19. The average Bonchev–Trinajstić information content (AvgIpc) is 2.00. The van der Waals surface area contributed by atoms with Gasteiger partial charge in [0, 0.05) is 5.69 Å². The molecular formula is C12H22NSi2. The Morgan fingerprint density at radius 2 is 1.53 bits per heavy atom. The molecule has 0 aliphatic rings. The molecule has 0 fully saturated rings. The Hall–Kier alpha value is -0.546. The van der Waals surface area contributed by atoms with E-state index < -0.39 is 16.5 Å². The lowest BCUT2D eigenvalue weighted by molar-refractivity contribution is 1.35. The minimum atomic E-state index is -1.29. The fourth-order valence-corrected chi connectivity index (χ4v) is 12.2. The van der Waals surface area contributed by atoms with Crippen LogP contribution < -0.4 is 4.23 Å². The molecule has 0 aromatic heterocycles. The quantitative estimate of drug-likeness (QED) is 0.718. The van der Waals surface area contributed by atoms with Crippen molar-refractivity contribution in [2.75, 3.05) is 4.23 Å². The largest absolute Gasteiger partial charge is 0.425 e. The number of nitrogens with zero attached hydrogens (tertiary/aromatic N) is 1. The van der Waals surface area contributed by atoms with Gasteiger partial charge in [-0.25, -0.2) is 0 Å². The Bertz CT molecular complexity index is 295. The molecule has 0 spiro atoms. The van der Waals surface area contributed by atoms with Gasteiger partial charge in [-0.1, -0.05) is 51.4 Å². The number of hydrogen-bond donors (Lipinski definition) is 0. The van der Waals surface area contributed by atoms with E-state index in [4.69, 9.17) is 0 Å². The van der Waals surface area contributed by atoms with Crippen molar-refractivity contribution in [1.82, 2.24) is 0 Å². The molecule has 0 atom stereocenters. The Kier molecular flexibility index (Phi) is 3.46. The summed E-state index contributed by atoms with van der Waals surface area (Å²) in [5.41, 5.74) is 1.36. The van der Waals surface area contributed by atoms with Crippen LogP contribution in [0.2, 0.25) is 39.3 Å². The molecule has 15 heavy (non-hydrogen) atoms. The van der Waals surface area contributed by atoms with Crippen LogP contribution in [0.3, 0.4) is 0 Å². The summed E-state index contributed by atoms with van der Waals surface area (Å²) >= 11 is 0. The summed E-state index contributed by atoms with van der Waals surface area (Å²) in [4.78, 5) is 0. The van der Waals surface area contributed by atoms with Crippen molar-refractivity contribution in [3.63, 3.8) is 0 Å². The summed E-state index contributed by atoms with van der Waals surface area (Å²) in [7, 11) is -2.58. The Morgan fingerprint density at radius 3 is 1.87 bits per heavy atom. The van der Waals surface area contributed by atoms with Crippen LogP contribution in [0.5, 0.6) is 0 Å². The lowest BCUT2D eigenvalue weighted by Crippen LogP contribution is -2.59. The highest BCUT2D eigenvalue weighted by Gasteiger charge is 2.34.